The maximum atomic E-state index is 12.5. The van der Waals surface area contributed by atoms with Crippen LogP contribution in [0.4, 0.5) is 5.69 Å². The molecule has 4 rings (SSSR count). The third-order valence-electron chi connectivity index (χ3n) is 3.97. The number of hydrogen-bond acceptors (Lipinski definition) is 5. The highest BCUT2D eigenvalue weighted by Gasteiger charge is 2.13. The van der Waals surface area contributed by atoms with Crippen LogP contribution in [-0.2, 0) is 0 Å². The zero-order valence-electron chi connectivity index (χ0n) is 13.8. The Labute approximate surface area is 148 Å². The predicted molar refractivity (Wildman–Crippen MR) is 94.9 cm³/mol. The lowest BCUT2D eigenvalue weighted by Crippen LogP contribution is -2.15. The molecule has 8 heteroatoms. The standard InChI is InChI=1S/C18H13N7O/c1-11-6-12(8-19)9-21-16(11)18(26)22-13-2-3-15-14(7-13)17(24-23-15)25-5-4-20-10-25/h2-7,9-10H,1H3,(H,22,26)(H,23,24). The Morgan fingerprint density at radius 1 is 1.35 bits per heavy atom. The number of fused-ring (bicyclic) bond motifs is 1. The summed E-state index contributed by atoms with van der Waals surface area (Å²) in [5, 5.41) is 19.8. The van der Waals surface area contributed by atoms with Gasteiger partial charge in [-0.1, -0.05) is 0 Å². The minimum absolute atomic E-state index is 0.283. The number of H-pyrrole nitrogens is 1. The number of aromatic amines is 1. The molecule has 3 heterocycles. The van der Waals surface area contributed by atoms with Gasteiger partial charge in [0.15, 0.2) is 5.82 Å². The number of amides is 1. The Morgan fingerprint density at radius 3 is 2.96 bits per heavy atom. The molecule has 0 spiro atoms. The summed E-state index contributed by atoms with van der Waals surface area (Å²) in [7, 11) is 0. The van der Waals surface area contributed by atoms with Gasteiger partial charge >= 0.3 is 0 Å². The van der Waals surface area contributed by atoms with Gasteiger partial charge in [-0.25, -0.2) is 9.97 Å². The molecule has 26 heavy (non-hydrogen) atoms. The van der Waals surface area contributed by atoms with E-state index in [1.807, 2.05) is 18.2 Å². The van der Waals surface area contributed by atoms with E-state index in [-0.39, 0.29) is 11.6 Å². The summed E-state index contributed by atoms with van der Waals surface area (Å²) in [5.74, 6) is 0.361. The molecule has 0 saturated heterocycles. The molecule has 0 aliphatic rings. The molecule has 4 aromatic rings. The fourth-order valence-electron chi connectivity index (χ4n) is 2.72. The summed E-state index contributed by atoms with van der Waals surface area (Å²) in [5.41, 5.74) is 2.82. The number of carbonyl (C=O) groups is 1. The zero-order valence-corrected chi connectivity index (χ0v) is 13.8. The Morgan fingerprint density at radius 2 is 2.23 bits per heavy atom. The molecule has 2 N–H and O–H groups in total. The molecule has 126 valence electrons. The number of nitrogens with one attached hydrogen (secondary N) is 2. The molecule has 0 unspecified atom stereocenters. The van der Waals surface area contributed by atoms with Gasteiger partial charge in [-0.2, -0.15) is 10.4 Å². The molecule has 1 amide bonds. The van der Waals surface area contributed by atoms with Crippen molar-refractivity contribution >= 4 is 22.5 Å². The first-order valence-electron chi connectivity index (χ1n) is 7.80. The molecule has 8 nitrogen and oxygen atoms in total. The van der Waals surface area contributed by atoms with E-state index in [4.69, 9.17) is 5.26 Å². The van der Waals surface area contributed by atoms with Crippen LogP contribution in [0.25, 0.3) is 16.7 Å². The highest BCUT2D eigenvalue weighted by atomic mass is 16.1. The van der Waals surface area contributed by atoms with Crippen LogP contribution in [0.3, 0.4) is 0 Å². The van der Waals surface area contributed by atoms with Gasteiger partial charge in [0.1, 0.15) is 18.1 Å². The molecule has 0 radical (unpaired) electrons. The molecule has 0 atom stereocenters. The monoisotopic (exact) mass is 343 g/mol. The van der Waals surface area contributed by atoms with Crippen molar-refractivity contribution in [3.8, 4) is 11.9 Å². The van der Waals surface area contributed by atoms with Crippen molar-refractivity contribution in [2.45, 2.75) is 6.92 Å². The smallest absolute Gasteiger partial charge is 0.274 e. The van der Waals surface area contributed by atoms with E-state index in [0.717, 1.165) is 10.9 Å². The highest BCUT2D eigenvalue weighted by Crippen LogP contribution is 2.23. The van der Waals surface area contributed by atoms with Crippen molar-refractivity contribution in [3.05, 3.63) is 66.0 Å². The van der Waals surface area contributed by atoms with Gasteiger partial charge in [-0.15, -0.1) is 0 Å². The van der Waals surface area contributed by atoms with Crippen LogP contribution in [0, 0.1) is 18.3 Å². The number of nitriles is 1. The second kappa shape index (κ2) is 6.14. The number of aromatic nitrogens is 5. The predicted octanol–water partition coefficient (Wildman–Crippen LogP) is 2.58. The van der Waals surface area contributed by atoms with Crippen molar-refractivity contribution in [1.82, 2.24) is 24.7 Å². The number of hydrogen-bond donors (Lipinski definition) is 2. The number of anilines is 1. The average molecular weight is 343 g/mol. The Bertz CT molecular complexity index is 1150. The van der Waals surface area contributed by atoms with Crippen LogP contribution in [0.15, 0.2) is 49.2 Å². The number of imidazole rings is 1. The lowest BCUT2D eigenvalue weighted by Gasteiger charge is -2.07. The third kappa shape index (κ3) is 2.67. The Kier molecular flexibility index (Phi) is 3.67. The van der Waals surface area contributed by atoms with Gasteiger partial charge in [0.2, 0.25) is 0 Å². The maximum Gasteiger partial charge on any atom is 0.274 e. The van der Waals surface area contributed by atoms with Crippen LogP contribution < -0.4 is 5.32 Å². The van der Waals surface area contributed by atoms with Gasteiger partial charge in [0, 0.05) is 29.7 Å². The van der Waals surface area contributed by atoms with Crippen LogP contribution in [0.2, 0.25) is 0 Å². The van der Waals surface area contributed by atoms with Gasteiger partial charge < -0.3 is 5.32 Å². The number of nitrogens with zero attached hydrogens (tertiary/aromatic N) is 5. The number of benzene rings is 1. The number of aryl methyl sites for hydroxylation is 1. The summed E-state index contributed by atoms with van der Waals surface area (Å²) in [6.45, 7) is 1.75. The van der Waals surface area contributed by atoms with E-state index in [1.54, 1.807) is 42.3 Å². The first-order chi connectivity index (χ1) is 12.7. The minimum Gasteiger partial charge on any atom is -0.321 e. The van der Waals surface area contributed by atoms with E-state index >= 15 is 0 Å². The van der Waals surface area contributed by atoms with Gasteiger partial charge in [0.05, 0.1) is 11.1 Å². The number of rotatable bonds is 3. The molecule has 0 saturated carbocycles. The first-order valence-corrected chi connectivity index (χ1v) is 7.80. The van der Waals surface area contributed by atoms with E-state index < -0.39 is 0 Å². The molecule has 0 bridgehead atoms. The molecule has 1 aromatic carbocycles. The zero-order chi connectivity index (χ0) is 18.1. The maximum absolute atomic E-state index is 12.5. The molecule has 0 aliphatic heterocycles. The number of carbonyl (C=O) groups excluding carboxylic acids is 1. The Balaban J connectivity index is 1.66. The van der Waals surface area contributed by atoms with Crippen molar-refractivity contribution in [2.75, 3.05) is 5.32 Å². The van der Waals surface area contributed by atoms with Crippen LogP contribution in [-0.4, -0.2) is 30.6 Å². The first kappa shape index (κ1) is 15.5. The van der Waals surface area contributed by atoms with Crippen LogP contribution in [0.5, 0.6) is 0 Å². The van der Waals surface area contributed by atoms with Gasteiger partial charge in [0.25, 0.3) is 5.91 Å². The molecular formula is C18H13N7O. The fraction of sp³-hybridized carbons (Fsp3) is 0.0556. The van der Waals surface area contributed by atoms with Crippen molar-refractivity contribution in [2.24, 2.45) is 0 Å². The molecule has 0 fully saturated rings. The summed E-state index contributed by atoms with van der Waals surface area (Å²) >= 11 is 0. The van der Waals surface area contributed by atoms with Crippen molar-refractivity contribution < 1.29 is 4.79 Å². The second-order valence-corrected chi connectivity index (χ2v) is 5.73. The molecule has 3 aromatic heterocycles. The van der Waals surface area contributed by atoms with Crippen molar-refractivity contribution in [3.63, 3.8) is 0 Å². The quantitative estimate of drug-likeness (QED) is 0.594. The van der Waals surface area contributed by atoms with Gasteiger partial charge in [-0.05, 0) is 36.8 Å². The average Bonchev–Trinajstić information content (AvgIpc) is 3.30. The minimum atomic E-state index is -0.334. The molecular weight excluding hydrogens is 330 g/mol. The summed E-state index contributed by atoms with van der Waals surface area (Å²) in [6.07, 6.45) is 6.51. The van der Waals surface area contributed by atoms with E-state index in [1.165, 1.54) is 6.20 Å². The summed E-state index contributed by atoms with van der Waals surface area (Å²) in [4.78, 5) is 20.6. The van der Waals surface area contributed by atoms with Crippen LogP contribution in [0.1, 0.15) is 21.6 Å². The van der Waals surface area contributed by atoms with Crippen LogP contribution >= 0.6 is 0 Å². The fourth-order valence-corrected chi connectivity index (χ4v) is 2.72. The van der Waals surface area contributed by atoms with E-state index in [0.29, 0.717) is 22.6 Å². The largest absolute Gasteiger partial charge is 0.321 e. The lowest BCUT2D eigenvalue weighted by atomic mass is 10.1. The van der Waals surface area contributed by atoms with E-state index in [9.17, 15) is 4.79 Å². The SMILES string of the molecule is Cc1cc(C#N)cnc1C(=O)Nc1ccc2[nH]nc(-n3ccnc3)c2c1. The summed E-state index contributed by atoms with van der Waals surface area (Å²) in [6, 6.07) is 9.12. The highest BCUT2D eigenvalue weighted by molar-refractivity contribution is 6.05. The second-order valence-electron chi connectivity index (χ2n) is 5.73. The van der Waals surface area contributed by atoms with E-state index in [2.05, 4.69) is 25.5 Å². The van der Waals surface area contributed by atoms with Crippen molar-refractivity contribution in [1.29, 1.82) is 5.26 Å². The number of pyridine rings is 1. The normalized spacial score (nSPS) is 10.6. The Hall–Kier alpha value is -3.99. The molecule has 0 aliphatic carbocycles. The topological polar surface area (TPSA) is 112 Å². The third-order valence-corrected chi connectivity index (χ3v) is 3.97. The lowest BCUT2D eigenvalue weighted by molar-refractivity contribution is 0.102. The summed E-state index contributed by atoms with van der Waals surface area (Å²) < 4.78 is 1.79. The van der Waals surface area contributed by atoms with Gasteiger partial charge in [-0.3, -0.25) is 14.5 Å².